The van der Waals surface area contributed by atoms with E-state index in [1.165, 1.54) is 12.1 Å². The summed E-state index contributed by atoms with van der Waals surface area (Å²) >= 11 is 0.867. The molecule has 0 aliphatic carbocycles. The van der Waals surface area contributed by atoms with Gasteiger partial charge in [-0.05, 0) is 29.7 Å². The Bertz CT molecular complexity index is 875. The Morgan fingerprint density at radius 2 is 1.71 bits per heavy atom. The molecule has 0 atom stereocenters. The van der Waals surface area contributed by atoms with E-state index in [1.807, 2.05) is 54.6 Å². The van der Waals surface area contributed by atoms with Gasteiger partial charge in [0.15, 0.2) is 0 Å². The third-order valence-corrected chi connectivity index (χ3v) is 4.53. The molecule has 0 aliphatic rings. The zero-order valence-corrected chi connectivity index (χ0v) is 13.5. The first kappa shape index (κ1) is 15.9. The van der Waals surface area contributed by atoms with Gasteiger partial charge < -0.3 is 5.32 Å². The van der Waals surface area contributed by atoms with Crippen LogP contribution in [0.15, 0.2) is 66.7 Å². The maximum Gasteiger partial charge on any atom is 0.324 e. The summed E-state index contributed by atoms with van der Waals surface area (Å²) in [7, 11) is 0. The number of hydrogen-bond donors (Lipinski definition) is 1. The summed E-state index contributed by atoms with van der Waals surface area (Å²) in [6, 6.07) is 20.3. The second-order valence-corrected chi connectivity index (χ2v) is 6.23. The first-order chi connectivity index (χ1) is 11.6. The van der Waals surface area contributed by atoms with Crippen LogP contribution in [0.1, 0.15) is 20.8 Å². The number of carbonyl (C=O) groups is 1. The van der Waals surface area contributed by atoms with Crippen LogP contribution in [0.2, 0.25) is 0 Å². The molecular formula is C18H14N2O3S. The highest BCUT2D eigenvalue weighted by Gasteiger charge is 2.16. The van der Waals surface area contributed by atoms with E-state index in [4.69, 9.17) is 0 Å². The van der Waals surface area contributed by atoms with E-state index in [2.05, 4.69) is 5.32 Å². The maximum absolute atomic E-state index is 12.3. The fourth-order valence-corrected chi connectivity index (χ4v) is 3.06. The topological polar surface area (TPSA) is 72.2 Å². The van der Waals surface area contributed by atoms with E-state index in [0.717, 1.165) is 22.5 Å². The first-order valence-corrected chi connectivity index (χ1v) is 8.12. The van der Waals surface area contributed by atoms with Crippen LogP contribution < -0.4 is 5.32 Å². The third-order valence-electron chi connectivity index (χ3n) is 3.50. The lowest BCUT2D eigenvalue weighted by molar-refractivity contribution is -0.380. The molecule has 0 aliphatic heterocycles. The molecule has 2 aromatic carbocycles. The maximum atomic E-state index is 12.3. The number of nitro groups is 1. The standard InChI is InChI=1S/C18H14N2O3S/c21-18(16-10-11-17(24-16)20(22)23)19-15-9-5-4-8-14(15)12-13-6-2-1-3-7-13/h1-11H,12H2,(H,19,21). The number of nitrogens with zero attached hydrogens (tertiary/aromatic N) is 1. The van der Waals surface area contributed by atoms with E-state index < -0.39 is 4.92 Å². The van der Waals surface area contributed by atoms with Crippen LogP contribution in [-0.2, 0) is 6.42 Å². The Hall–Kier alpha value is -2.99. The molecule has 3 rings (SSSR count). The third kappa shape index (κ3) is 3.67. The van der Waals surface area contributed by atoms with Crippen molar-refractivity contribution in [2.45, 2.75) is 6.42 Å². The van der Waals surface area contributed by atoms with E-state index in [-0.39, 0.29) is 10.9 Å². The number of anilines is 1. The highest BCUT2D eigenvalue weighted by Crippen LogP contribution is 2.26. The molecule has 6 heteroatoms. The average Bonchev–Trinajstić information content (AvgIpc) is 3.08. The van der Waals surface area contributed by atoms with Gasteiger partial charge in [0.25, 0.3) is 5.91 Å². The second kappa shape index (κ2) is 7.06. The molecule has 0 saturated carbocycles. The molecule has 0 saturated heterocycles. The second-order valence-electron chi connectivity index (χ2n) is 5.17. The number of thiophene rings is 1. The quantitative estimate of drug-likeness (QED) is 0.550. The van der Waals surface area contributed by atoms with E-state index in [9.17, 15) is 14.9 Å². The van der Waals surface area contributed by atoms with Crippen molar-refractivity contribution >= 4 is 27.9 Å². The van der Waals surface area contributed by atoms with Gasteiger partial charge in [-0.1, -0.05) is 59.9 Å². The van der Waals surface area contributed by atoms with Crippen LogP contribution in [0.3, 0.4) is 0 Å². The van der Waals surface area contributed by atoms with E-state index in [1.54, 1.807) is 0 Å². The van der Waals surface area contributed by atoms with Crippen molar-refractivity contribution in [2.75, 3.05) is 5.32 Å². The van der Waals surface area contributed by atoms with E-state index >= 15 is 0 Å². The lowest BCUT2D eigenvalue weighted by Gasteiger charge is -2.10. The van der Waals surface area contributed by atoms with Crippen LogP contribution in [0.5, 0.6) is 0 Å². The Balaban J connectivity index is 1.79. The number of amides is 1. The summed E-state index contributed by atoms with van der Waals surface area (Å²) in [5.74, 6) is -0.339. The smallest absolute Gasteiger partial charge is 0.321 e. The summed E-state index contributed by atoms with van der Waals surface area (Å²) in [6.45, 7) is 0. The largest absolute Gasteiger partial charge is 0.324 e. The molecule has 1 amide bonds. The number of benzene rings is 2. The average molecular weight is 338 g/mol. The summed E-state index contributed by atoms with van der Waals surface area (Å²) in [5, 5.41) is 13.5. The normalized spacial score (nSPS) is 10.3. The molecule has 0 radical (unpaired) electrons. The Morgan fingerprint density at radius 1 is 1.00 bits per heavy atom. The van der Waals surface area contributed by atoms with Gasteiger partial charge in [-0.2, -0.15) is 0 Å². The van der Waals surface area contributed by atoms with Crippen LogP contribution in [0, 0.1) is 10.1 Å². The van der Waals surface area contributed by atoms with Crippen molar-refractivity contribution < 1.29 is 9.72 Å². The minimum absolute atomic E-state index is 0.0438. The number of rotatable bonds is 5. The Morgan fingerprint density at radius 3 is 2.42 bits per heavy atom. The number of hydrogen-bond acceptors (Lipinski definition) is 4. The van der Waals surface area contributed by atoms with Crippen molar-refractivity contribution in [1.82, 2.24) is 0 Å². The fraction of sp³-hybridized carbons (Fsp3) is 0.0556. The molecule has 1 heterocycles. The van der Waals surface area contributed by atoms with Crippen molar-refractivity contribution in [3.63, 3.8) is 0 Å². The molecule has 1 aromatic heterocycles. The van der Waals surface area contributed by atoms with Gasteiger partial charge in [-0.3, -0.25) is 14.9 Å². The zero-order valence-electron chi connectivity index (χ0n) is 12.6. The molecule has 3 aromatic rings. The van der Waals surface area contributed by atoms with Crippen LogP contribution in [-0.4, -0.2) is 10.8 Å². The van der Waals surface area contributed by atoms with Gasteiger partial charge in [0.2, 0.25) is 0 Å². The Kier molecular flexibility index (Phi) is 4.67. The fourth-order valence-electron chi connectivity index (χ4n) is 2.34. The van der Waals surface area contributed by atoms with Crippen LogP contribution in [0.4, 0.5) is 10.7 Å². The van der Waals surface area contributed by atoms with Gasteiger partial charge in [0.05, 0.1) is 9.80 Å². The molecular weight excluding hydrogens is 324 g/mol. The zero-order chi connectivity index (χ0) is 16.9. The highest BCUT2D eigenvalue weighted by atomic mass is 32.1. The molecule has 1 N–H and O–H groups in total. The molecule has 24 heavy (non-hydrogen) atoms. The van der Waals surface area contributed by atoms with Gasteiger partial charge in [0.1, 0.15) is 0 Å². The highest BCUT2D eigenvalue weighted by molar-refractivity contribution is 7.17. The number of nitrogens with one attached hydrogen (secondary N) is 1. The SMILES string of the molecule is O=C(Nc1ccccc1Cc1ccccc1)c1ccc([N+](=O)[O-])s1. The summed E-state index contributed by atoms with van der Waals surface area (Å²) < 4.78 is 0. The van der Waals surface area contributed by atoms with Gasteiger partial charge >= 0.3 is 5.00 Å². The van der Waals surface area contributed by atoms with Gasteiger partial charge in [-0.15, -0.1) is 0 Å². The molecule has 5 nitrogen and oxygen atoms in total. The van der Waals surface area contributed by atoms with Crippen molar-refractivity contribution in [3.8, 4) is 0 Å². The Labute approximate surface area is 142 Å². The van der Waals surface area contributed by atoms with E-state index in [0.29, 0.717) is 17.0 Å². The van der Waals surface area contributed by atoms with Gasteiger partial charge in [0, 0.05) is 11.8 Å². The predicted molar refractivity (Wildman–Crippen MR) is 94.6 cm³/mol. The van der Waals surface area contributed by atoms with Gasteiger partial charge in [-0.25, -0.2) is 0 Å². The minimum atomic E-state index is -0.495. The summed E-state index contributed by atoms with van der Waals surface area (Å²) in [6.07, 6.45) is 0.696. The molecule has 0 unspecified atom stereocenters. The minimum Gasteiger partial charge on any atom is -0.321 e. The monoisotopic (exact) mass is 338 g/mol. The lowest BCUT2D eigenvalue weighted by atomic mass is 10.0. The molecule has 0 spiro atoms. The van der Waals surface area contributed by atoms with Crippen molar-refractivity contribution in [2.24, 2.45) is 0 Å². The molecule has 0 fully saturated rings. The number of carbonyl (C=O) groups excluding carboxylic acids is 1. The van der Waals surface area contributed by atoms with Crippen molar-refractivity contribution in [3.05, 3.63) is 92.8 Å². The van der Waals surface area contributed by atoms with Crippen molar-refractivity contribution in [1.29, 1.82) is 0 Å². The summed E-state index contributed by atoms with van der Waals surface area (Å²) in [4.78, 5) is 22.9. The summed E-state index contributed by atoms with van der Waals surface area (Å²) in [5.41, 5.74) is 2.84. The molecule has 120 valence electrons. The van der Waals surface area contributed by atoms with Crippen LogP contribution >= 0.6 is 11.3 Å². The predicted octanol–water partition coefficient (Wildman–Crippen LogP) is 4.50. The van der Waals surface area contributed by atoms with Crippen LogP contribution in [0.25, 0.3) is 0 Å². The lowest BCUT2D eigenvalue weighted by Crippen LogP contribution is -2.11. The molecule has 0 bridgehead atoms. The number of para-hydroxylation sites is 1. The first-order valence-electron chi connectivity index (χ1n) is 7.31.